The number of halogens is 3. The molecule has 0 radical (unpaired) electrons. The first-order valence-corrected chi connectivity index (χ1v) is 7.49. The lowest BCUT2D eigenvalue weighted by Gasteiger charge is -2.22. The zero-order valence-corrected chi connectivity index (χ0v) is 12.1. The maximum Gasteiger partial charge on any atom is 0.416 e. The molecule has 0 fully saturated rings. The molecule has 1 rings (SSSR count). The van der Waals surface area contributed by atoms with Gasteiger partial charge in [-0.15, -0.1) is 0 Å². The second-order valence-corrected chi connectivity index (χ2v) is 6.18. The van der Waals surface area contributed by atoms with Crippen LogP contribution in [0.1, 0.15) is 11.1 Å². The summed E-state index contributed by atoms with van der Waals surface area (Å²) in [6.45, 7) is -0.544. The Balaban J connectivity index is 3.38. The third-order valence-electron chi connectivity index (χ3n) is 2.91. The summed E-state index contributed by atoms with van der Waals surface area (Å²) in [5.74, 6) is 0. The predicted molar refractivity (Wildman–Crippen MR) is 69.1 cm³/mol. The van der Waals surface area contributed by atoms with Crippen molar-refractivity contribution in [2.75, 3.05) is 26.3 Å². The fourth-order valence-electron chi connectivity index (χ4n) is 1.92. The van der Waals surface area contributed by atoms with Gasteiger partial charge in [0, 0.05) is 13.1 Å². The molecular weight excluding hydrogens is 311 g/mol. The zero-order chi connectivity index (χ0) is 16.3. The van der Waals surface area contributed by atoms with Crippen molar-refractivity contribution in [3.05, 3.63) is 29.3 Å². The van der Waals surface area contributed by atoms with Crippen molar-refractivity contribution in [2.45, 2.75) is 18.0 Å². The van der Waals surface area contributed by atoms with Crippen LogP contribution < -0.4 is 0 Å². The van der Waals surface area contributed by atoms with E-state index >= 15 is 0 Å². The molecule has 120 valence electrons. The molecule has 0 amide bonds. The molecule has 1 aromatic rings. The Labute approximate surface area is 120 Å². The molecule has 0 aliphatic carbocycles. The number of nitrogens with zero attached hydrogens (tertiary/aromatic N) is 1. The normalized spacial score (nSPS) is 12.9. The number of benzene rings is 1. The molecule has 2 N–H and O–H groups in total. The Hall–Kier alpha value is -1.16. The molecule has 0 saturated carbocycles. The van der Waals surface area contributed by atoms with Crippen LogP contribution in [-0.4, -0.2) is 49.2 Å². The molecule has 21 heavy (non-hydrogen) atoms. The monoisotopic (exact) mass is 327 g/mol. The Morgan fingerprint density at radius 3 is 2.10 bits per heavy atom. The van der Waals surface area contributed by atoms with E-state index in [1.807, 2.05) is 0 Å². The van der Waals surface area contributed by atoms with Crippen LogP contribution in [0.4, 0.5) is 13.2 Å². The van der Waals surface area contributed by atoms with Crippen LogP contribution in [0, 0.1) is 6.92 Å². The van der Waals surface area contributed by atoms with E-state index in [-0.39, 0.29) is 13.1 Å². The van der Waals surface area contributed by atoms with Crippen LogP contribution in [0.15, 0.2) is 23.1 Å². The SMILES string of the molecule is Cc1c(C(F)(F)F)cccc1S(=O)(=O)N(CCO)CCO. The summed E-state index contributed by atoms with van der Waals surface area (Å²) in [5, 5.41) is 17.7. The van der Waals surface area contributed by atoms with Gasteiger partial charge in [-0.1, -0.05) is 6.07 Å². The molecule has 0 aliphatic heterocycles. The first kappa shape index (κ1) is 17.9. The number of alkyl halides is 3. The van der Waals surface area contributed by atoms with Crippen molar-refractivity contribution < 1.29 is 31.8 Å². The summed E-state index contributed by atoms with van der Waals surface area (Å²) >= 11 is 0. The van der Waals surface area contributed by atoms with E-state index in [4.69, 9.17) is 10.2 Å². The van der Waals surface area contributed by atoms with E-state index in [1.165, 1.54) is 0 Å². The standard InChI is InChI=1S/C12H16F3NO4S/c1-9-10(12(13,14)15)3-2-4-11(9)21(19,20)16(5-7-17)6-8-18/h2-4,17-18H,5-8H2,1H3. The van der Waals surface area contributed by atoms with E-state index in [2.05, 4.69) is 0 Å². The highest BCUT2D eigenvalue weighted by molar-refractivity contribution is 7.89. The first-order valence-electron chi connectivity index (χ1n) is 6.05. The van der Waals surface area contributed by atoms with Crippen LogP contribution in [0.3, 0.4) is 0 Å². The third-order valence-corrected chi connectivity index (χ3v) is 4.95. The quantitative estimate of drug-likeness (QED) is 0.817. The minimum atomic E-state index is -4.66. The van der Waals surface area contributed by atoms with E-state index in [0.717, 1.165) is 29.4 Å². The average Bonchev–Trinajstić information content (AvgIpc) is 2.37. The Kier molecular flexibility index (Phi) is 5.74. The minimum absolute atomic E-state index is 0.307. The van der Waals surface area contributed by atoms with Crippen LogP contribution in [0.25, 0.3) is 0 Å². The lowest BCUT2D eigenvalue weighted by atomic mass is 10.1. The highest BCUT2D eigenvalue weighted by Gasteiger charge is 2.35. The number of aliphatic hydroxyl groups excluding tert-OH is 2. The molecule has 5 nitrogen and oxygen atoms in total. The molecule has 0 saturated heterocycles. The van der Waals surface area contributed by atoms with Crippen molar-refractivity contribution in [2.24, 2.45) is 0 Å². The van der Waals surface area contributed by atoms with Gasteiger partial charge in [0.1, 0.15) is 0 Å². The Morgan fingerprint density at radius 2 is 1.67 bits per heavy atom. The molecule has 1 aromatic carbocycles. The molecule has 0 atom stereocenters. The molecule has 0 spiro atoms. The maximum absolute atomic E-state index is 12.8. The number of hydrogen-bond donors (Lipinski definition) is 2. The topological polar surface area (TPSA) is 77.8 Å². The summed E-state index contributed by atoms with van der Waals surface area (Å²) in [6.07, 6.45) is -4.66. The van der Waals surface area contributed by atoms with Gasteiger partial charge in [-0.3, -0.25) is 0 Å². The Bertz CT molecular complexity index is 581. The first-order chi connectivity index (χ1) is 9.66. The van der Waals surface area contributed by atoms with Crippen LogP contribution in [0.5, 0.6) is 0 Å². The Morgan fingerprint density at radius 1 is 1.14 bits per heavy atom. The number of sulfonamides is 1. The second kappa shape index (κ2) is 6.73. The largest absolute Gasteiger partial charge is 0.416 e. The molecule has 0 bridgehead atoms. The van der Waals surface area contributed by atoms with Crippen LogP contribution >= 0.6 is 0 Å². The summed E-state index contributed by atoms with van der Waals surface area (Å²) in [5.41, 5.74) is -1.44. The van der Waals surface area contributed by atoms with E-state index in [1.54, 1.807) is 0 Å². The van der Waals surface area contributed by atoms with Gasteiger partial charge in [-0.2, -0.15) is 17.5 Å². The number of hydrogen-bond acceptors (Lipinski definition) is 4. The second-order valence-electron chi connectivity index (χ2n) is 4.28. The summed E-state index contributed by atoms with van der Waals surface area (Å²) in [7, 11) is -4.23. The van der Waals surface area contributed by atoms with E-state index in [0.29, 0.717) is 0 Å². The lowest BCUT2D eigenvalue weighted by Crippen LogP contribution is -2.36. The van der Waals surface area contributed by atoms with Gasteiger partial charge in [-0.05, 0) is 24.6 Å². The van der Waals surface area contributed by atoms with Crippen molar-refractivity contribution >= 4 is 10.0 Å². The highest BCUT2D eigenvalue weighted by Crippen LogP contribution is 2.34. The zero-order valence-electron chi connectivity index (χ0n) is 11.3. The van der Waals surface area contributed by atoms with Crippen LogP contribution in [-0.2, 0) is 16.2 Å². The van der Waals surface area contributed by atoms with Gasteiger partial charge in [0.15, 0.2) is 0 Å². The molecule has 0 unspecified atom stereocenters. The number of aliphatic hydroxyl groups is 2. The van der Waals surface area contributed by atoms with Gasteiger partial charge in [0.05, 0.1) is 23.7 Å². The molecule has 0 aliphatic rings. The molecular formula is C12H16F3NO4S. The highest BCUT2D eigenvalue weighted by atomic mass is 32.2. The number of rotatable bonds is 6. The van der Waals surface area contributed by atoms with Crippen LogP contribution in [0.2, 0.25) is 0 Å². The fraction of sp³-hybridized carbons (Fsp3) is 0.500. The minimum Gasteiger partial charge on any atom is -0.395 e. The third kappa shape index (κ3) is 3.94. The molecule has 9 heteroatoms. The van der Waals surface area contributed by atoms with E-state index < -0.39 is 45.4 Å². The van der Waals surface area contributed by atoms with Crippen molar-refractivity contribution in [1.29, 1.82) is 0 Å². The fourth-order valence-corrected chi connectivity index (χ4v) is 3.58. The molecule has 0 aromatic heterocycles. The van der Waals surface area contributed by atoms with Crippen molar-refractivity contribution in [3.8, 4) is 0 Å². The molecule has 0 heterocycles. The maximum atomic E-state index is 12.8. The van der Waals surface area contributed by atoms with Crippen molar-refractivity contribution in [1.82, 2.24) is 4.31 Å². The van der Waals surface area contributed by atoms with Gasteiger partial charge in [0.25, 0.3) is 0 Å². The van der Waals surface area contributed by atoms with Gasteiger partial charge in [-0.25, -0.2) is 8.42 Å². The summed E-state index contributed by atoms with van der Waals surface area (Å²) < 4.78 is 63.9. The summed E-state index contributed by atoms with van der Waals surface area (Å²) in [6, 6.07) is 2.89. The van der Waals surface area contributed by atoms with E-state index in [9.17, 15) is 21.6 Å². The predicted octanol–water partition coefficient (Wildman–Crippen LogP) is 0.989. The van der Waals surface area contributed by atoms with Gasteiger partial charge < -0.3 is 10.2 Å². The van der Waals surface area contributed by atoms with Gasteiger partial charge >= 0.3 is 6.18 Å². The van der Waals surface area contributed by atoms with Gasteiger partial charge in [0.2, 0.25) is 10.0 Å². The lowest BCUT2D eigenvalue weighted by molar-refractivity contribution is -0.138. The summed E-state index contributed by atoms with van der Waals surface area (Å²) in [4.78, 5) is -0.487. The smallest absolute Gasteiger partial charge is 0.395 e. The average molecular weight is 327 g/mol. The van der Waals surface area contributed by atoms with Crippen molar-refractivity contribution in [3.63, 3.8) is 0 Å².